The van der Waals surface area contributed by atoms with E-state index >= 15 is 0 Å². The van der Waals surface area contributed by atoms with Crippen molar-refractivity contribution >= 4 is 23.5 Å². The van der Waals surface area contributed by atoms with E-state index in [0.717, 1.165) is 5.69 Å². The summed E-state index contributed by atoms with van der Waals surface area (Å²) >= 11 is 0. The molecule has 4 heterocycles. The first kappa shape index (κ1) is 19.2. The normalized spacial score (nSPS) is 18.0. The quantitative estimate of drug-likeness (QED) is 0.772. The van der Waals surface area contributed by atoms with E-state index in [4.69, 9.17) is 4.42 Å². The van der Waals surface area contributed by atoms with Gasteiger partial charge in [-0.05, 0) is 25.5 Å². The van der Waals surface area contributed by atoms with Crippen LogP contribution in [0.1, 0.15) is 36.0 Å². The third-order valence-corrected chi connectivity index (χ3v) is 5.53. The number of rotatable bonds is 4. The summed E-state index contributed by atoms with van der Waals surface area (Å²) in [6, 6.07) is 4.61. The number of fused-ring (bicyclic) bond motifs is 1. The smallest absolute Gasteiger partial charge is 0.289 e. The van der Waals surface area contributed by atoms with Crippen LogP contribution in [0.25, 0.3) is 0 Å². The highest BCUT2D eigenvalue weighted by Crippen LogP contribution is 2.27. The number of anilines is 1. The van der Waals surface area contributed by atoms with Crippen molar-refractivity contribution in [2.24, 2.45) is 0 Å². The number of amides is 3. The Hall–Kier alpha value is -3.10. The maximum Gasteiger partial charge on any atom is 0.289 e. The van der Waals surface area contributed by atoms with Crippen molar-refractivity contribution in [3.63, 3.8) is 0 Å². The van der Waals surface area contributed by atoms with Crippen LogP contribution < -0.4 is 4.90 Å². The van der Waals surface area contributed by atoms with Gasteiger partial charge in [0.15, 0.2) is 5.76 Å². The summed E-state index contributed by atoms with van der Waals surface area (Å²) in [6.07, 6.45) is 2.32. The first-order valence-electron chi connectivity index (χ1n) is 9.97. The van der Waals surface area contributed by atoms with Crippen LogP contribution >= 0.6 is 0 Å². The molecule has 1 atom stereocenters. The van der Waals surface area contributed by atoms with Crippen LogP contribution in [-0.4, -0.2) is 69.5 Å². The monoisotopic (exact) mass is 399 g/mol. The average Bonchev–Trinajstić information content (AvgIpc) is 3.39. The largest absolute Gasteiger partial charge is 0.459 e. The second kappa shape index (κ2) is 7.73. The molecule has 2 aliphatic rings. The third-order valence-electron chi connectivity index (χ3n) is 5.53. The molecule has 0 spiro atoms. The summed E-state index contributed by atoms with van der Waals surface area (Å²) in [5, 5.41) is 4.42. The van der Waals surface area contributed by atoms with Crippen molar-refractivity contribution in [1.82, 2.24) is 19.6 Å². The first-order chi connectivity index (χ1) is 14.0. The molecule has 0 aromatic carbocycles. The molecule has 3 amide bonds. The Morgan fingerprint density at radius 3 is 2.55 bits per heavy atom. The number of carbonyl (C=O) groups excluding carboxylic acids is 3. The van der Waals surface area contributed by atoms with Gasteiger partial charge in [0.25, 0.3) is 5.91 Å². The van der Waals surface area contributed by atoms with Crippen LogP contribution in [0.2, 0.25) is 0 Å². The highest BCUT2D eigenvalue weighted by molar-refractivity contribution is 6.01. The second-order valence-corrected chi connectivity index (χ2v) is 7.40. The van der Waals surface area contributed by atoms with Crippen molar-refractivity contribution in [2.45, 2.75) is 39.3 Å². The molecule has 0 radical (unpaired) electrons. The Labute approximate surface area is 168 Å². The Balaban J connectivity index is 1.46. The number of furan rings is 1. The van der Waals surface area contributed by atoms with Crippen LogP contribution in [0.15, 0.2) is 28.9 Å². The van der Waals surface area contributed by atoms with Crippen molar-refractivity contribution in [2.75, 3.05) is 31.1 Å². The van der Waals surface area contributed by atoms with E-state index in [1.54, 1.807) is 31.5 Å². The van der Waals surface area contributed by atoms with Gasteiger partial charge in [-0.3, -0.25) is 19.3 Å². The maximum absolute atomic E-state index is 13.3. The van der Waals surface area contributed by atoms with Crippen molar-refractivity contribution in [3.8, 4) is 0 Å². The number of nitrogens with zero attached hydrogens (tertiary/aromatic N) is 5. The topological polar surface area (TPSA) is 91.9 Å². The fraction of sp³-hybridized carbons (Fsp3) is 0.500. The minimum Gasteiger partial charge on any atom is -0.459 e. The van der Waals surface area contributed by atoms with Crippen LogP contribution in [0, 0.1) is 6.92 Å². The molecule has 2 aromatic heterocycles. The SMILES string of the molecule is CCC(C(=O)N1CCN(C(=O)c2ccco2)CC1)N1C(=O)CCn2nc(C)cc21. The number of hydrogen-bond acceptors (Lipinski definition) is 5. The molecule has 0 bridgehead atoms. The van der Waals surface area contributed by atoms with Gasteiger partial charge in [-0.1, -0.05) is 6.92 Å². The van der Waals surface area contributed by atoms with Gasteiger partial charge in [0, 0.05) is 38.7 Å². The number of aromatic nitrogens is 2. The number of hydrogen-bond donors (Lipinski definition) is 0. The number of piperazine rings is 1. The van der Waals surface area contributed by atoms with E-state index in [0.29, 0.717) is 57.1 Å². The van der Waals surface area contributed by atoms with Crippen LogP contribution in [0.3, 0.4) is 0 Å². The maximum atomic E-state index is 13.3. The Kier molecular flexibility index (Phi) is 5.12. The molecule has 2 aromatic rings. The molecule has 4 rings (SSSR count). The second-order valence-electron chi connectivity index (χ2n) is 7.40. The minimum atomic E-state index is -0.565. The summed E-state index contributed by atoms with van der Waals surface area (Å²) < 4.78 is 6.98. The fourth-order valence-electron chi connectivity index (χ4n) is 4.04. The Bertz CT molecular complexity index is 911. The van der Waals surface area contributed by atoms with E-state index in [2.05, 4.69) is 5.10 Å². The molecule has 0 aliphatic carbocycles. The third kappa shape index (κ3) is 3.52. The highest BCUT2D eigenvalue weighted by Gasteiger charge is 2.38. The number of aryl methyl sites for hydroxylation is 2. The molecular weight excluding hydrogens is 374 g/mol. The van der Waals surface area contributed by atoms with E-state index in [-0.39, 0.29) is 17.7 Å². The minimum absolute atomic E-state index is 0.0516. The van der Waals surface area contributed by atoms with Crippen molar-refractivity contribution < 1.29 is 18.8 Å². The summed E-state index contributed by atoms with van der Waals surface area (Å²) in [5.74, 6) is 0.687. The van der Waals surface area contributed by atoms with Crippen molar-refractivity contribution in [1.29, 1.82) is 0 Å². The number of carbonyl (C=O) groups is 3. The van der Waals surface area contributed by atoms with E-state index < -0.39 is 6.04 Å². The zero-order valence-electron chi connectivity index (χ0n) is 16.7. The molecular formula is C20H25N5O4. The molecule has 1 saturated heterocycles. The van der Waals surface area contributed by atoms with E-state index in [1.165, 1.54) is 6.26 Å². The van der Waals surface area contributed by atoms with Gasteiger partial charge in [-0.25, -0.2) is 4.68 Å². The van der Waals surface area contributed by atoms with Gasteiger partial charge in [-0.15, -0.1) is 0 Å². The van der Waals surface area contributed by atoms with Crippen molar-refractivity contribution in [3.05, 3.63) is 35.9 Å². The van der Waals surface area contributed by atoms with E-state index in [1.807, 2.05) is 19.9 Å². The van der Waals surface area contributed by atoms with Gasteiger partial charge >= 0.3 is 0 Å². The summed E-state index contributed by atoms with van der Waals surface area (Å²) in [5.41, 5.74) is 0.826. The van der Waals surface area contributed by atoms with Gasteiger partial charge in [0.1, 0.15) is 11.9 Å². The van der Waals surface area contributed by atoms with Crippen LogP contribution in [0.4, 0.5) is 5.82 Å². The molecule has 1 unspecified atom stereocenters. The Morgan fingerprint density at radius 2 is 1.90 bits per heavy atom. The zero-order chi connectivity index (χ0) is 20.5. The van der Waals surface area contributed by atoms with Gasteiger partial charge < -0.3 is 14.2 Å². The summed E-state index contributed by atoms with van der Waals surface area (Å²) in [4.78, 5) is 43.4. The first-order valence-corrected chi connectivity index (χ1v) is 9.97. The lowest BCUT2D eigenvalue weighted by molar-refractivity contribution is -0.136. The zero-order valence-corrected chi connectivity index (χ0v) is 16.7. The standard InChI is InChI=1S/C20H25N5O4/c1-3-15(25-17-13-14(2)21-24(17)7-6-18(25)26)19(27)22-8-10-23(11-9-22)20(28)16-5-4-12-29-16/h4-5,12-13,15H,3,6-11H2,1-2H3. The Morgan fingerprint density at radius 1 is 1.17 bits per heavy atom. The lowest BCUT2D eigenvalue weighted by Crippen LogP contribution is -2.57. The fourth-order valence-corrected chi connectivity index (χ4v) is 4.04. The molecule has 154 valence electrons. The van der Waals surface area contributed by atoms with E-state index in [9.17, 15) is 14.4 Å². The van der Waals surface area contributed by atoms with Crippen LogP contribution in [0.5, 0.6) is 0 Å². The van der Waals surface area contributed by atoms with Gasteiger partial charge in [0.2, 0.25) is 11.8 Å². The highest BCUT2D eigenvalue weighted by atomic mass is 16.3. The molecule has 29 heavy (non-hydrogen) atoms. The molecule has 9 nitrogen and oxygen atoms in total. The predicted molar refractivity (Wildman–Crippen MR) is 104 cm³/mol. The van der Waals surface area contributed by atoms with Gasteiger partial charge in [-0.2, -0.15) is 5.10 Å². The van der Waals surface area contributed by atoms with Gasteiger partial charge in [0.05, 0.1) is 18.5 Å². The average molecular weight is 399 g/mol. The summed E-state index contributed by atoms with van der Waals surface area (Å²) in [7, 11) is 0. The molecule has 2 aliphatic heterocycles. The lowest BCUT2D eigenvalue weighted by Gasteiger charge is -2.39. The molecule has 0 N–H and O–H groups in total. The molecule has 0 saturated carbocycles. The molecule has 9 heteroatoms. The predicted octanol–water partition coefficient (Wildman–Crippen LogP) is 1.28. The van der Waals surface area contributed by atoms with Crippen LogP contribution in [-0.2, 0) is 16.1 Å². The summed E-state index contributed by atoms with van der Waals surface area (Å²) in [6.45, 7) is 6.07. The molecule has 1 fully saturated rings. The lowest BCUT2D eigenvalue weighted by atomic mass is 10.1.